The zero-order valence-electron chi connectivity index (χ0n) is 8.00. The number of hydrogen-bond donors (Lipinski definition) is 0. The van der Waals surface area contributed by atoms with E-state index in [1.807, 2.05) is 0 Å². The van der Waals surface area contributed by atoms with Crippen molar-refractivity contribution < 1.29 is 113 Å². The standard InChI is InChI=1S/Li.3Na.4H/q4*+1;4*-1. The Morgan fingerprint density at radius 3 is 0.750 bits per heavy atom. The molecule has 0 aliphatic heterocycles. The third kappa shape index (κ3) is 9.14. The molecule has 0 radical (unpaired) electrons. The maximum absolute atomic E-state index is 0. The summed E-state index contributed by atoms with van der Waals surface area (Å²) < 4.78 is 0. The fraction of sp³-hybridized carbons (Fsp3) is 0. The Bertz CT molecular complexity index is 11.2. The third-order valence-corrected chi connectivity index (χ3v) is 0. The van der Waals surface area contributed by atoms with Crippen LogP contribution >= 0.6 is 0 Å². The van der Waals surface area contributed by atoms with E-state index in [4.69, 9.17) is 0 Å². The van der Waals surface area contributed by atoms with E-state index in [1.165, 1.54) is 0 Å². The number of hydrogen-bond acceptors (Lipinski definition) is 0. The van der Waals surface area contributed by atoms with E-state index in [-0.39, 0.29) is 113 Å². The van der Waals surface area contributed by atoms with Crippen molar-refractivity contribution in [1.29, 1.82) is 0 Å². The molecule has 0 bridgehead atoms. The van der Waals surface area contributed by atoms with Gasteiger partial charge in [-0.3, -0.25) is 0 Å². The average Bonchev–Trinajstić information content (AvgIpc) is 0. The smallest absolute Gasteiger partial charge is 1.00 e. The Hall–Kier alpha value is 3.60. The van der Waals surface area contributed by atoms with Crippen LogP contribution in [0.5, 0.6) is 0 Å². The van der Waals surface area contributed by atoms with Gasteiger partial charge in [0.2, 0.25) is 0 Å². The van der Waals surface area contributed by atoms with E-state index in [2.05, 4.69) is 0 Å². The van der Waals surface area contributed by atoms with E-state index in [0.29, 0.717) is 0 Å². The predicted octanol–water partition coefficient (Wildman–Crippen LogP) is -11.5. The van der Waals surface area contributed by atoms with Crippen LogP contribution in [0.15, 0.2) is 0 Å². The predicted molar refractivity (Wildman–Crippen MR) is 4.45 cm³/mol. The van der Waals surface area contributed by atoms with Gasteiger partial charge in [0.15, 0.2) is 0 Å². The van der Waals surface area contributed by atoms with Crippen LogP contribution in [0.4, 0.5) is 0 Å². The second-order valence-electron chi connectivity index (χ2n) is 0. The fourth-order valence-corrected chi connectivity index (χ4v) is 0. The summed E-state index contributed by atoms with van der Waals surface area (Å²) in [7, 11) is 0. The minimum atomic E-state index is 0. The summed E-state index contributed by atoms with van der Waals surface area (Å²) in [6, 6.07) is 0. The van der Waals surface area contributed by atoms with Gasteiger partial charge in [0.1, 0.15) is 0 Å². The van der Waals surface area contributed by atoms with Crippen LogP contribution in [0.2, 0.25) is 0 Å². The molecule has 4 heavy (non-hydrogen) atoms. The minimum Gasteiger partial charge on any atom is -1.00 e. The van der Waals surface area contributed by atoms with Gasteiger partial charge in [-0.2, -0.15) is 0 Å². The van der Waals surface area contributed by atoms with Gasteiger partial charge >= 0.3 is 108 Å². The molecule has 0 aromatic rings. The Morgan fingerprint density at radius 2 is 0.750 bits per heavy atom. The van der Waals surface area contributed by atoms with Gasteiger partial charge in [0.25, 0.3) is 0 Å². The third-order valence-electron chi connectivity index (χ3n) is 0. The van der Waals surface area contributed by atoms with E-state index in [1.54, 1.807) is 0 Å². The molecular weight excluding hydrogens is 75.9 g/mol. The fourth-order valence-electron chi connectivity index (χ4n) is 0. The molecule has 0 nitrogen and oxygen atoms in total. The molecule has 0 amide bonds. The molecule has 0 unspecified atom stereocenters. The minimum absolute atomic E-state index is 0. The summed E-state index contributed by atoms with van der Waals surface area (Å²) >= 11 is 0. The zero-order chi connectivity index (χ0) is 0. The van der Waals surface area contributed by atoms with Crippen LogP contribution in [0.1, 0.15) is 5.71 Å². The topological polar surface area (TPSA) is 0 Å². The van der Waals surface area contributed by atoms with Gasteiger partial charge in [-0.15, -0.1) is 0 Å². The second kappa shape index (κ2) is 16.0. The Balaban J connectivity index is 0. The molecule has 4 heteroatoms. The molecular formula is H4LiNa3. The Kier molecular flexibility index (Phi) is 102. The van der Waals surface area contributed by atoms with Gasteiger partial charge < -0.3 is 5.71 Å². The van der Waals surface area contributed by atoms with Crippen molar-refractivity contribution in [1.82, 2.24) is 0 Å². The second-order valence-corrected chi connectivity index (χ2v) is 0. The summed E-state index contributed by atoms with van der Waals surface area (Å²) in [6.45, 7) is 0. The molecule has 0 saturated heterocycles. The molecule has 0 aromatic carbocycles. The molecule has 0 aliphatic carbocycles. The summed E-state index contributed by atoms with van der Waals surface area (Å²) in [4.78, 5) is 0. The first-order valence-electron chi connectivity index (χ1n) is 0. The van der Waals surface area contributed by atoms with Crippen molar-refractivity contribution in [2.75, 3.05) is 0 Å². The van der Waals surface area contributed by atoms with Gasteiger partial charge in [-0.1, -0.05) is 0 Å². The zero-order valence-corrected chi connectivity index (χ0v) is 10.0. The molecule has 0 saturated carbocycles. The number of rotatable bonds is 0. The largest absolute Gasteiger partial charge is 1.00 e. The van der Waals surface area contributed by atoms with E-state index < -0.39 is 0 Å². The molecule has 0 N–H and O–H groups in total. The van der Waals surface area contributed by atoms with Crippen molar-refractivity contribution in [2.45, 2.75) is 0 Å². The van der Waals surface area contributed by atoms with Gasteiger partial charge in [0, 0.05) is 0 Å². The van der Waals surface area contributed by atoms with Crippen LogP contribution in [-0.2, 0) is 0 Å². The SMILES string of the molecule is [H-].[H-].[H-].[H-].[Li+].[Na+].[Na+].[Na+]. The first kappa shape index (κ1) is 25.6. The first-order chi connectivity index (χ1) is 0. The van der Waals surface area contributed by atoms with Gasteiger partial charge in [-0.25, -0.2) is 0 Å². The molecule has 0 fully saturated rings. The maximum atomic E-state index is 0. The van der Waals surface area contributed by atoms with Crippen LogP contribution in [0.25, 0.3) is 0 Å². The van der Waals surface area contributed by atoms with Crippen molar-refractivity contribution in [3.63, 3.8) is 0 Å². The van der Waals surface area contributed by atoms with Crippen LogP contribution < -0.4 is 108 Å². The van der Waals surface area contributed by atoms with Crippen LogP contribution in [0, 0.1) is 0 Å². The van der Waals surface area contributed by atoms with E-state index in [9.17, 15) is 0 Å². The average molecular weight is 79.9 g/mol. The van der Waals surface area contributed by atoms with Gasteiger partial charge in [-0.05, 0) is 0 Å². The molecule has 0 spiro atoms. The quantitative estimate of drug-likeness (QED) is 0.253. The van der Waals surface area contributed by atoms with Crippen molar-refractivity contribution in [3.05, 3.63) is 0 Å². The van der Waals surface area contributed by atoms with Crippen molar-refractivity contribution in [2.24, 2.45) is 0 Å². The monoisotopic (exact) mass is 80.0 g/mol. The molecule has 0 heterocycles. The van der Waals surface area contributed by atoms with Crippen molar-refractivity contribution in [3.8, 4) is 0 Å². The Morgan fingerprint density at radius 1 is 0.750 bits per heavy atom. The maximum Gasteiger partial charge on any atom is 1.00 e. The summed E-state index contributed by atoms with van der Waals surface area (Å²) in [5, 5.41) is 0. The molecule has 0 atom stereocenters. The van der Waals surface area contributed by atoms with E-state index in [0.717, 1.165) is 0 Å². The van der Waals surface area contributed by atoms with E-state index >= 15 is 0 Å². The molecule has 0 aliphatic rings. The van der Waals surface area contributed by atoms with Crippen molar-refractivity contribution >= 4 is 0 Å². The molecule has 0 rings (SSSR count). The normalized spacial score (nSPS) is 0. The summed E-state index contributed by atoms with van der Waals surface area (Å²) in [5.41, 5.74) is 0. The van der Waals surface area contributed by atoms with Crippen LogP contribution in [-0.4, -0.2) is 0 Å². The Labute approximate surface area is 111 Å². The van der Waals surface area contributed by atoms with Gasteiger partial charge in [0.05, 0.1) is 0 Å². The summed E-state index contributed by atoms with van der Waals surface area (Å²) in [6.07, 6.45) is 0. The molecule has 0 aromatic heterocycles. The van der Waals surface area contributed by atoms with Crippen LogP contribution in [0.3, 0.4) is 0 Å². The summed E-state index contributed by atoms with van der Waals surface area (Å²) in [5.74, 6) is 0. The first-order valence-corrected chi connectivity index (χ1v) is 0. The molecule has 8 valence electrons.